The van der Waals surface area contributed by atoms with E-state index >= 15 is 0 Å². The largest absolute Gasteiger partial charge is 0.455 e. The van der Waals surface area contributed by atoms with Crippen molar-refractivity contribution in [3.05, 3.63) is 77.9 Å². The van der Waals surface area contributed by atoms with E-state index in [-0.39, 0.29) is 12.3 Å². The standard InChI is InChI=1S/C22H19NO2/c1-2-8-16(9-3-1)22-21(23-14-6-11-19(23)25-22)20-17-10-5-4-7-15(17)12-13-18(20)24-22/h1-5,7-10,12-13,19,21H,6,11,14H2/t19-,21-,22-/m0/s1. The fourth-order valence-electron chi connectivity index (χ4n) is 4.87. The second-order valence-corrected chi connectivity index (χ2v) is 7.19. The quantitative estimate of drug-likeness (QED) is 0.652. The first-order chi connectivity index (χ1) is 12.4. The van der Waals surface area contributed by atoms with Crippen molar-refractivity contribution in [3.8, 4) is 5.75 Å². The Morgan fingerprint density at radius 3 is 2.68 bits per heavy atom. The number of ether oxygens (including phenoxy) is 2. The van der Waals surface area contributed by atoms with E-state index in [1.165, 1.54) is 22.8 Å². The van der Waals surface area contributed by atoms with Crippen LogP contribution in [0, 0.1) is 0 Å². The second kappa shape index (κ2) is 4.84. The van der Waals surface area contributed by atoms with Gasteiger partial charge in [0.2, 0.25) is 0 Å². The van der Waals surface area contributed by atoms with Gasteiger partial charge in [-0.05, 0) is 29.7 Å². The minimum atomic E-state index is -0.723. The van der Waals surface area contributed by atoms with Crippen molar-refractivity contribution in [2.75, 3.05) is 6.54 Å². The summed E-state index contributed by atoms with van der Waals surface area (Å²) in [4.78, 5) is 2.51. The van der Waals surface area contributed by atoms with Crippen molar-refractivity contribution in [2.45, 2.75) is 30.9 Å². The lowest BCUT2D eigenvalue weighted by Crippen LogP contribution is -2.36. The van der Waals surface area contributed by atoms with Crippen LogP contribution in [-0.4, -0.2) is 17.7 Å². The molecule has 0 unspecified atom stereocenters. The van der Waals surface area contributed by atoms with Crippen molar-refractivity contribution >= 4 is 10.8 Å². The topological polar surface area (TPSA) is 21.7 Å². The van der Waals surface area contributed by atoms with Crippen LogP contribution in [0.4, 0.5) is 0 Å². The van der Waals surface area contributed by atoms with Gasteiger partial charge in [-0.3, -0.25) is 4.90 Å². The molecule has 124 valence electrons. The molecule has 3 aromatic rings. The summed E-state index contributed by atoms with van der Waals surface area (Å²) in [7, 11) is 0. The van der Waals surface area contributed by atoms with E-state index in [2.05, 4.69) is 65.6 Å². The van der Waals surface area contributed by atoms with E-state index in [0.717, 1.165) is 24.3 Å². The van der Waals surface area contributed by atoms with Crippen LogP contribution in [0.1, 0.15) is 30.0 Å². The minimum Gasteiger partial charge on any atom is -0.455 e. The molecule has 0 radical (unpaired) electrons. The van der Waals surface area contributed by atoms with E-state index in [9.17, 15) is 0 Å². The Kier molecular flexibility index (Phi) is 2.69. The zero-order valence-corrected chi connectivity index (χ0v) is 13.9. The molecule has 3 aromatic carbocycles. The summed E-state index contributed by atoms with van der Waals surface area (Å²) >= 11 is 0. The van der Waals surface area contributed by atoms with Crippen molar-refractivity contribution < 1.29 is 9.47 Å². The van der Waals surface area contributed by atoms with Gasteiger partial charge in [-0.1, -0.05) is 60.7 Å². The Morgan fingerprint density at radius 1 is 0.920 bits per heavy atom. The summed E-state index contributed by atoms with van der Waals surface area (Å²) in [5, 5.41) is 2.54. The summed E-state index contributed by atoms with van der Waals surface area (Å²) in [6, 6.07) is 23.4. The Balaban J connectivity index is 1.64. The van der Waals surface area contributed by atoms with E-state index < -0.39 is 5.79 Å². The monoisotopic (exact) mass is 329 g/mol. The molecule has 3 atom stereocenters. The van der Waals surface area contributed by atoms with Gasteiger partial charge >= 0.3 is 0 Å². The third-order valence-corrected chi connectivity index (χ3v) is 5.88. The average molecular weight is 329 g/mol. The van der Waals surface area contributed by atoms with E-state index in [0.29, 0.717) is 0 Å². The smallest absolute Gasteiger partial charge is 0.258 e. The average Bonchev–Trinajstić information content (AvgIpc) is 3.30. The Morgan fingerprint density at radius 2 is 1.76 bits per heavy atom. The fourth-order valence-corrected chi connectivity index (χ4v) is 4.87. The van der Waals surface area contributed by atoms with Gasteiger partial charge in [0.25, 0.3) is 5.79 Å². The molecular weight excluding hydrogens is 310 g/mol. The minimum absolute atomic E-state index is 0.114. The van der Waals surface area contributed by atoms with E-state index in [4.69, 9.17) is 9.47 Å². The Hall–Kier alpha value is -2.36. The second-order valence-electron chi connectivity index (χ2n) is 7.19. The molecule has 3 heteroatoms. The zero-order valence-electron chi connectivity index (χ0n) is 13.9. The SMILES string of the molecule is c1ccc([C@@]23Oc4ccc5ccccc5c4[C@@H]2N2CCC[C@@H]2O3)cc1. The fraction of sp³-hybridized carbons (Fsp3) is 0.273. The first-order valence-corrected chi connectivity index (χ1v) is 9.07. The third kappa shape index (κ3) is 1.72. The predicted molar refractivity (Wildman–Crippen MR) is 96.3 cm³/mol. The van der Waals surface area contributed by atoms with Crippen LogP contribution in [0.25, 0.3) is 10.8 Å². The summed E-state index contributed by atoms with van der Waals surface area (Å²) in [6.07, 6.45) is 2.41. The molecule has 3 aliphatic rings. The van der Waals surface area contributed by atoms with Crippen LogP contribution in [0.2, 0.25) is 0 Å². The molecule has 0 spiro atoms. The maximum Gasteiger partial charge on any atom is 0.258 e. The van der Waals surface area contributed by atoms with Crippen LogP contribution in [-0.2, 0) is 10.5 Å². The number of fused-ring (bicyclic) bond motifs is 7. The van der Waals surface area contributed by atoms with Gasteiger partial charge in [-0.15, -0.1) is 0 Å². The summed E-state index contributed by atoms with van der Waals surface area (Å²) in [6.45, 7) is 1.07. The summed E-state index contributed by atoms with van der Waals surface area (Å²) in [5.74, 6) is 0.233. The van der Waals surface area contributed by atoms with E-state index in [1.807, 2.05) is 6.07 Å². The van der Waals surface area contributed by atoms with Gasteiger partial charge in [-0.2, -0.15) is 0 Å². The molecule has 25 heavy (non-hydrogen) atoms. The van der Waals surface area contributed by atoms with Crippen LogP contribution in [0.3, 0.4) is 0 Å². The van der Waals surface area contributed by atoms with Gasteiger partial charge in [0, 0.05) is 17.7 Å². The highest BCUT2D eigenvalue weighted by Gasteiger charge is 2.63. The lowest BCUT2D eigenvalue weighted by molar-refractivity contribution is -0.178. The summed E-state index contributed by atoms with van der Waals surface area (Å²) in [5.41, 5.74) is 2.39. The molecule has 2 fully saturated rings. The molecular formula is C22H19NO2. The summed E-state index contributed by atoms with van der Waals surface area (Å²) < 4.78 is 13.2. The third-order valence-electron chi connectivity index (χ3n) is 5.88. The zero-order chi connectivity index (χ0) is 16.4. The number of rotatable bonds is 1. The molecule has 3 nitrogen and oxygen atoms in total. The first kappa shape index (κ1) is 13.9. The van der Waals surface area contributed by atoms with Crippen molar-refractivity contribution in [1.82, 2.24) is 4.90 Å². The highest BCUT2D eigenvalue weighted by molar-refractivity contribution is 5.89. The van der Waals surface area contributed by atoms with Crippen LogP contribution in [0.15, 0.2) is 66.7 Å². The molecule has 0 aromatic heterocycles. The normalized spacial score (nSPS) is 30.1. The van der Waals surface area contributed by atoms with Gasteiger partial charge in [-0.25, -0.2) is 0 Å². The molecule has 2 saturated heterocycles. The number of hydrogen-bond acceptors (Lipinski definition) is 3. The molecule has 0 bridgehead atoms. The van der Waals surface area contributed by atoms with Gasteiger partial charge in [0.05, 0.1) is 0 Å². The maximum absolute atomic E-state index is 6.62. The van der Waals surface area contributed by atoms with E-state index in [1.54, 1.807) is 0 Å². The Bertz CT molecular complexity index is 970. The molecule has 0 saturated carbocycles. The van der Waals surface area contributed by atoms with Crippen molar-refractivity contribution in [2.24, 2.45) is 0 Å². The predicted octanol–water partition coefficient (Wildman–Crippen LogP) is 4.58. The number of benzene rings is 3. The molecule has 6 rings (SSSR count). The molecule has 3 heterocycles. The maximum atomic E-state index is 6.62. The molecule has 0 amide bonds. The van der Waals surface area contributed by atoms with Gasteiger partial charge < -0.3 is 9.47 Å². The van der Waals surface area contributed by atoms with Crippen molar-refractivity contribution in [3.63, 3.8) is 0 Å². The highest BCUT2D eigenvalue weighted by Crippen LogP contribution is 2.60. The van der Waals surface area contributed by atoms with Crippen LogP contribution < -0.4 is 4.74 Å². The van der Waals surface area contributed by atoms with Crippen LogP contribution >= 0.6 is 0 Å². The molecule has 0 aliphatic carbocycles. The Labute approximate surface area is 146 Å². The lowest BCUT2D eigenvalue weighted by atomic mass is 9.91. The molecule has 3 aliphatic heterocycles. The number of nitrogens with zero attached hydrogens (tertiary/aromatic N) is 1. The highest BCUT2D eigenvalue weighted by atomic mass is 16.7. The lowest BCUT2D eigenvalue weighted by Gasteiger charge is -2.29. The molecule has 0 N–H and O–H groups in total. The van der Waals surface area contributed by atoms with Gasteiger partial charge in [0.15, 0.2) is 0 Å². The number of hydrogen-bond donors (Lipinski definition) is 0. The van der Waals surface area contributed by atoms with Crippen LogP contribution in [0.5, 0.6) is 5.75 Å². The van der Waals surface area contributed by atoms with Gasteiger partial charge in [0.1, 0.15) is 18.0 Å². The first-order valence-electron chi connectivity index (χ1n) is 9.07. The van der Waals surface area contributed by atoms with Crippen molar-refractivity contribution in [1.29, 1.82) is 0 Å².